The molecule has 0 heterocycles. The van der Waals surface area contributed by atoms with E-state index in [4.69, 9.17) is 5.73 Å². The molecule has 3 N–H and O–H groups in total. The maximum absolute atomic E-state index is 11.8. The molecule has 2 amide bonds. The van der Waals surface area contributed by atoms with Gasteiger partial charge in [0.05, 0.1) is 0 Å². The van der Waals surface area contributed by atoms with Crippen molar-refractivity contribution < 1.29 is 9.59 Å². The number of rotatable bonds is 4. The molecule has 18 heavy (non-hydrogen) atoms. The van der Waals surface area contributed by atoms with Crippen LogP contribution in [0.4, 0.5) is 5.69 Å². The normalized spacial score (nSPS) is 15.6. The number of hydrogen-bond donors (Lipinski definition) is 2. The van der Waals surface area contributed by atoms with E-state index in [0.717, 1.165) is 12.8 Å². The van der Waals surface area contributed by atoms with Gasteiger partial charge in [-0.15, -0.1) is 0 Å². The van der Waals surface area contributed by atoms with Gasteiger partial charge in [-0.3, -0.25) is 9.59 Å². The molecule has 2 rings (SSSR count). The Bertz CT molecular complexity index is 434. The van der Waals surface area contributed by atoms with Gasteiger partial charge in [-0.2, -0.15) is 0 Å². The van der Waals surface area contributed by atoms with Crippen molar-refractivity contribution in [2.75, 3.05) is 5.32 Å². The molecule has 0 unspecified atom stereocenters. The van der Waals surface area contributed by atoms with E-state index < -0.39 is 5.91 Å². The van der Waals surface area contributed by atoms with E-state index in [1.807, 2.05) is 0 Å². The SMILES string of the molecule is NC(=O)c1ccc(NC(=O)CC2CCCC2)cc1. The number of benzene rings is 1. The van der Waals surface area contributed by atoms with Crippen LogP contribution < -0.4 is 11.1 Å². The minimum Gasteiger partial charge on any atom is -0.366 e. The zero-order chi connectivity index (χ0) is 13.0. The van der Waals surface area contributed by atoms with Crippen LogP contribution in [0.15, 0.2) is 24.3 Å². The van der Waals surface area contributed by atoms with Gasteiger partial charge < -0.3 is 11.1 Å². The van der Waals surface area contributed by atoms with Crippen LogP contribution in [0.5, 0.6) is 0 Å². The Morgan fingerprint density at radius 1 is 1.17 bits per heavy atom. The van der Waals surface area contributed by atoms with Gasteiger partial charge in [0.15, 0.2) is 0 Å². The van der Waals surface area contributed by atoms with Crippen LogP contribution in [0.1, 0.15) is 42.5 Å². The number of carbonyl (C=O) groups excluding carboxylic acids is 2. The summed E-state index contributed by atoms with van der Waals surface area (Å²) in [6, 6.07) is 6.64. The molecule has 0 radical (unpaired) electrons. The number of primary amides is 1. The summed E-state index contributed by atoms with van der Waals surface area (Å²) in [6.45, 7) is 0. The number of hydrogen-bond acceptors (Lipinski definition) is 2. The maximum atomic E-state index is 11.8. The average molecular weight is 246 g/mol. The van der Waals surface area contributed by atoms with Crippen molar-refractivity contribution in [1.82, 2.24) is 0 Å². The third kappa shape index (κ3) is 3.32. The van der Waals surface area contributed by atoms with E-state index in [0.29, 0.717) is 23.6 Å². The van der Waals surface area contributed by atoms with E-state index in [-0.39, 0.29) is 5.91 Å². The summed E-state index contributed by atoms with van der Waals surface area (Å²) in [4.78, 5) is 22.7. The number of amides is 2. The van der Waals surface area contributed by atoms with Crippen molar-refractivity contribution in [3.8, 4) is 0 Å². The minimum absolute atomic E-state index is 0.0497. The molecule has 1 fully saturated rings. The lowest BCUT2D eigenvalue weighted by atomic mass is 10.0. The van der Waals surface area contributed by atoms with E-state index >= 15 is 0 Å². The van der Waals surface area contributed by atoms with Crippen LogP contribution in [0, 0.1) is 5.92 Å². The highest BCUT2D eigenvalue weighted by molar-refractivity contribution is 5.94. The first-order valence-corrected chi connectivity index (χ1v) is 6.35. The molecule has 96 valence electrons. The van der Waals surface area contributed by atoms with Crippen molar-refractivity contribution >= 4 is 17.5 Å². The Labute approximate surface area is 107 Å². The smallest absolute Gasteiger partial charge is 0.248 e. The van der Waals surface area contributed by atoms with Crippen molar-refractivity contribution in [2.45, 2.75) is 32.1 Å². The standard InChI is InChI=1S/C14H18N2O2/c15-14(18)11-5-7-12(8-6-11)16-13(17)9-10-3-1-2-4-10/h5-8,10H,1-4,9H2,(H2,15,18)(H,16,17). The van der Waals surface area contributed by atoms with Gasteiger partial charge in [0.2, 0.25) is 11.8 Å². The molecule has 4 nitrogen and oxygen atoms in total. The molecular weight excluding hydrogens is 228 g/mol. The molecule has 0 saturated heterocycles. The predicted molar refractivity (Wildman–Crippen MR) is 70.2 cm³/mol. The number of carbonyl (C=O) groups is 2. The Balaban J connectivity index is 1.88. The third-order valence-electron chi connectivity index (χ3n) is 3.40. The number of nitrogens with one attached hydrogen (secondary N) is 1. The Morgan fingerprint density at radius 2 is 1.78 bits per heavy atom. The van der Waals surface area contributed by atoms with Crippen LogP contribution in [0.25, 0.3) is 0 Å². The molecule has 0 aromatic heterocycles. The van der Waals surface area contributed by atoms with Crippen molar-refractivity contribution in [2.24, 2.45) is 11.7 Å². The molecule has 0 aliphatic heterocycles. The van der Waals surface area contributed by atoms with Gasteiger partial charge in [-0.25, -0.2) is 0 Å². The Kier molecular flexibility index (Phi) is 3.97. The van der Waals surface area contributed by atoms with E-state index in [9.17, 15) is 9.59 Å². The quantitative estimate of drug-likeness (QED) is 0.855. The van der Waals surface area contributed by atoms with Gasteiger partial charge >= 0.3 is 0 Å². The first-order chi connectivity index (χ1) is 8.65. The van der Waals surface area contributed by atoms with Gasteiger partial charge in [0.1, 0.15) is 0 Å². The molecule has 0 bridgehead atoms. The summed E-state index contributed by atoms with van der Waals surface area (Å²) in [6.07, 6.45) is 5.40. The van der Waals surface area contributed by atoms with Crippen LogP contribution in [0.3, 0.4) is 0 Å². The predicted octanol–water partition coefficient (Wildman–Crippen LogP) is 2.30. The summed E-state index contributed by atoms with van der Waals surface area (Å²) >= 11 is 0. The largest absolute Gasteiger partial charge is 0.366 e. The zero-order valence-corrected chi connectivity index (χ0v) is 10.3. The third-order valence-corrected chi connectivity index (χ3v) is 3.40. The van der Waals surface area contributed by atoms with Crippen LogP contribution in [-0.4, -0.2) is 11.8 Å². The summed E-state index contributed by atoms with van der Waals surface area (Å²) in [5, 5.41) is 2.84. The highest BCUT2D eigenvalue weighted by atomic mass is 16.2. The lowest BCUT2D eigenvalue weighted by Gasteiger charge is -2.09. The second-order valence-electron chi connectivity index (χ2n) is 4.84. The van der Waals surface area contributed by atoms with Crippen LogP contribution in [0.2, 0.25) is 0 Å². The van der Waals surface area contributed by atoms with Crippen molar-refractivity contribution in [3.63, 3.8) is 0 Å². The minimum atomic E-state index is -0.459. The van der Waals surface area contributed by atoms with Gasteiger partial charge in [0.25, 0.3) is 0 Å². The lowest BCUT2D eigenvalue weighted by molar-refractivity contribution is -0.117. The topological polar surface area (TPSA) is 72.2 Å². The van der Waals surface area contributed by atoms with E-state index in [1.165, 1.54) is 12.8 Å². The van der Waals surface area contributed by atoms with Crippen molar-refractivity contribution in [3.05, 3.63) is 29.8 Å². The van der Waals surface area contributed by atoms with E-state index in [2.05, 4.69) is 5.32 Å². The first kappa shape index (κ1) is 12.6. The lowest BCUT2D eigenvalue weighted by Crippen LogP contribution is -2.15. The second-order valence-corrected chi connectivity index (χ2v) is 4.84. The molecular formula is C14H18N2O2. The first-order valence-electron chi connectivity index (χ1n) is 6.35. The van der Waals surface area contributed by atoms with Gasteiger partial charge in [0, 0.05) is 17.7 Å². The highest BCUT2D eigenvalue weighted by Crippen LogP contribution is 2.27. The molecule has 0 atom stereocenters. The Morgan fingerprint density at radius 3 is 2.33 bits per heavy atom. The molecule has 1 aromatic rings. The fourth-order valence-electron chi connectivity index (χ4n) is 2.41. The number of anilines is 1. The summed E-state index contributed by atoms with van der Waals surface area (Å²) < 4.78 is 0. The van der Waals surface area contributed by atoms with E-state index in [1.54, 1.807) is 24.3 Å². The zero-order valence-electron chi connectivity index (χ0n) is 10.3. The molecule has 0 spiro atoms. The van der Waals surface area contributed by atoms with Crippen LogP contribution >= 0.6 is 0 Å². The fourth-order valence-corrected chi connectivity index (χ4v) is 2.41. The fraction of sp³-hybridized carbons (Fsp3) is 0.429. The summed E-state index contributed by atoms with van der Waals surface area (Å²) in [7, 11) is 0. The molecule has 1 saturated carbocycles. The summed E-state index contributed by atoms with van der Waals surface area (Å²) in [5.74, 6) is 0.127. The molecule has 1 aliphatic rings. The average Bonchev–Trinajstić information content (AvgIpc) is 2.82. The molecule has 4 heteroatoms. The van der Waals surface area contributed by atoms with Gasteiger partial charge in [-0.05, 0) is 43.0 Å². The summed E-state index contributed by atoms with van der Waals surface area (Å²) in [5.41, 5.74) is 6.31. The monoisotopic (exact) mass is 246 g/mol. The van der Waals surface area contributed by atoms with Gasteiger partial charge in [-0.1, -0.05) is 12.8 Å². The molecule has 1 aliphatic carbocycles. The second kappa shape index (κ2) is 5.67. The Hall–Kier alpha value is -1.84. The van der Waals surface area contributed by atoms with Crippen LogP contribution in [-0.2, 0) is 4.79 Å². The highest BCUT2D eigenvalue weighted by Gasteiger charge is 2.18. The number of nitrogens with two attached hydrogens (primary N) is 1. The molecule has 1 aromatic carbocycles. The van der Waals surface area contributed by atoms with Crippen molar-refractivity contribution in [1.29, 1.82) is 0 Å². The maximum Gasteiger partial charge on any atom is 0.248 e.